The predicted molar refractivity (Wildman–Crippen MR) is 111 cm³/mol. The second kappa shape index (κ2) is 12.6. The Labute approximate surface area is 172 Å². The second-order valence-corrected chi connectivity index (χ2v) is 7.48. The first-order chi connectivity index (χ1) is 13.7. The second-order valence-electron chi connectivity index (χ2n) is 7.48. The molecule has 0 radical (unpaired) electrons. The fourth-order valence-corrected chi connectivity index (χ4v) is 2.36. The van der Waals surface area contributed by atoms with Crippen LogP contribution in [-0.2, 0) is 20.7 Å². The molecule has 1 rings (SSSR count). The van der Waals surface area contributed by atoms with Gasteiger partial charge in [-0.15, -0.1) is 0 Å². The Morgan fingerprint density at radius 3 is 2.24 bits per heavy atom. The number of rotatable bonds is 11. The average molecular weight is 408 g/mol. The van der Waals surface area contributed by atoms with E-state index in [1.54, 1.807) is 20.8 Å². The van der Waals surface area contributed by atoms with Crippen molar-refractivity contribution >= 4 is 17.9 Å². The van der Waals surface area contributed by atoms with Gasteiger partial charge in [0.15, 0.2) is 6.61 Å². The topological polar surface area (TPSA) is 106 Å². The molecule has 1 aromatic carbocycles. The van der Waals surface area contributed by atoms with E-state index in [-0.39, 0.29) is 31.4 Å². The molecular weight excluding hydrogens is 374 g/mol. The van der Waals surface area contributed by atoms with E-state index in [9.17, 15) is 14.4 Å². The van der Waals surface area contributed by atoms with Crippen LogP contribution in [-0.4, -0.2) is 49.7 Å². The van der Waals surface area contributed by atoms with E-state index >= 15 is 0 Å². The monoisotopic (exact) mass is 407 g/mol. The summed E-state index contributed by atoms with van der Waals surface area (Å²) >= 11 is 0. The maximum atomic E-state index is 11.8. The molecule has 3 amide bonds. The zero-order chi connectivity index (χ0) is 21.7. The van der Waals surface area contributed by atoms with Crippen molar-refractivity contribution in [1.82, 2.24) is 16.0 Å². The highest BCUT2D eigenvalue weighted by Crippen LogP contribution is 2.17. The number of benzene rings is 1. The first-order valence-corrected chi connectivity index (χ1v) is 9.92. The third-order valence-corrected chi connectivity index (χ3v) is 3.73. The molecule has 0 atom stereocenters. The number of alkyl carbamates (subject to hydrolysis) is 1. The van der Waals surface area contributed by atoms with Crippen LogP contribution in [0.4, 0.5) is 4.79 Å². The van der Waals surface area contributed by atoms with Gasteiger partial charge in [0.25, 0.3) is 5.91 Å². The molecule has 0 aliphatic heterocycles. The van der Waals surface area contributed by atoms with Gasteiger partial charge in [-0.05, 0) is 45.2 Å². The van der Waals surface area contributed by atoms with Gasteiger partial charge in [0, 0.05) is 26.1 Å². The summed E-state index contributed by atoms with van der Waals surface area (Å²) < 4.78 is 10.6. The van der Waals surface area contributed by atoms with Gasteiger partial charge in [-0.3, -0.25) is 9.59 Å². The fraction of sp³-hybridized carbons (Fsp3) is 0.571. The minimum atomic E-state index is -0.568. The summed E-state index contributed by atoms with van der Waals surface area (Å²) in [4.78, 5) is 35.0. The molecule has 0 bridgehead atoms. The smallest absolute Gasteiger partial charge is 0.407 e. The first kappa shape index (κ1) is 24.3. The van der Waals surface area contributed by atoms with Gasteiger partial charge in [0.1, 0.15) is 11.4 Å². The predicted octanol–water partition coefficient (Wildman–Crippen LogP) is 2.17. The van der Waals surface area contributed by atoms with Gasteiger partial charge in [0.2, 0.25) is 5.91 Å². The third-order valence-electron chi connectivity index (χ3n) is 3.73. The summed E-state index contributed by atoms with van der Waals surface area (Å²) in [6.07, 6.45) is 1.06. The van der Waals surface area contributed by atoms with Crippen LogP contribution in [0.5, 0.6) is 5.75 Å². The van der Waals surface area contributed by atoms with Crippen molar-refractivity contribution in [3.05, 3.63) is 29.8 Å². The lowest BCUT2D eigenvalue weighted by Crippen LogP contribution is -2.36. The molecule has 0 spiro atoms. The summed E-state index contributed by atoms with van der Waals surface area (Å²) in [5.41, 5.74) is 0.491. The zero-order valence-electron chi connectivity index (χ0n) is 17.8. The Kier molecular flexibility index (Phi) is 10.6. The van der Waals surface area contributed by atoms with Gasteiger partial charge in [0.05, 0.1) is 0 Å². The molecule has 0 saturated heterocycles. The van der Waals surface area contributed by atoms with Crippen molar-refractivity contribution in [3.63, 3.8) is 0 Å². The van der Waals surface area contributed by atoms with Crippen LogP contribution in [0.3, 0.4) is 0 Å². The molecule has 0 fully saturated rings. The number of para-hydroxylation sites is 1. The number of carbonyl (C=O) groups excluding carboxylic acids is 3. The number of ether oxygens (including phenoxy) is 2. The summed E-state index contributed by atoms with van der Waals surface area (Å²) in [6.45, 7) is 8.38. The molecule has 8 nitrogen and oxygen atoms in total. The van der Waals surface area contributed by atoms with Crippen molar-refractivity contribution in [3.8, 4) is 5.75 Å². The van der Waals surface area contributed by atoms with E-state index in [0.29, 0.717) is 19.5 Å². The molecule has 29 heavy (non-hydrogen) atoms. The molecule has 0 unspecified atom stereocenters. The fourth-order valence-electron chi connectivity index (χ4n) is 2.36. The van der Waals surface area contributed by atoms with Crippen molar-refractivity contribution in [2.24, 2.45) is 0 Å². The summed E-state index contributed by atoms with van der Waals surface area (Å²) in [7, 11) is 0. The largest absolute Gasteiger partial charge is 0.483 e. The molecule has 8 heteroatoms. The molecule has 162 valence electrons. The Hall–Kier alpha value is -2.77. The highest BCUT2D eigenvalue weighted by molar-refractivity contribution is 5.78. The molecule has 0 aliphatic rings. The lowest BCUT2D eigenvalue weighted by Gasteiger charge is -2.19. The molecule has 0 saturated carbocycles. The van der Waals surface area contributed by atoms with Crippen LogP contribution in [0, 0.1) is 0 Å². The van der Waals surface area contributed by atoms with Gasteiger partial charge in [-0.1, -0.05) is 25.1 Å². The van der Waals surface area contributed by atoms with Crippen molar-refractivity contribution < 1.29 is 23.9 Å². The molecular formula is C21H33N3O5. The number of hydrogen-bond donors (Lipinski definition) is 3. The highest BCUT2D eigenvalue weighted by atomic mass is 16.6. The van der Waals surface area contributed by atoms with Gasteiger partial charge >= 0.3 is 6.09 Å². The van der Waals surface area contributed by atoms with Crippen molar-refractivity contribution in [1.29, 1.82) is 0 Å². The number of carbonyl (C=O) groups is 3. The maximum Gasteiger partial charge on any atom is 0.407 e. The normalized spacial score (nSPS) is 10.8. The Morgan fingerprint density at radius 2 is 1.59 bits per heavy atom. The minimum absolute atomic E-state index is 0.0420. The Bertz CT molecular complexity index is 671. The Balaban J connectivity index is 2.07. The van der Waals surface area contributed by atoms with E-state index in [0.717, 1.165) is 17.7 Å². The van der Waals surface area contributed by atoms with Crippen LogP contribution >= 0.6 is 0 Å². The molecule has 1 aromatic rings. The van der Waals surface area contributed by atoms with Gasteiger partial charge in [-0.2, -0.15) is 0 Å². The van der Waals surface area contributed by atoms with E-state index < -0.39 is 11.7 Å². The first-order valence-electron chi connectivity index (χ1n) is 9.92. The number of nitrogens with one attached hydrogen (secondary N) is 3. The van der Waals surface area contributed by atoms with Crippen LogP contribution in [0.25, 0.3) is 0 Å². The standard InChI is InChI=1S/C21H33N3O5/c1-5-16-9-6-7-10-17(16)28-15-19(26)23-13-8-12-22-18(25)11-14-24-20(27)29-21(2,3)4/h6-7,9-10H,5,8,11-15H2,1-4H3,(H,22,25)(H,23,26)(H,24,27). The average Bonchev–Trinajstić information content (AvgIpc) is 2.64. The van der Waals surface area contributed by atoms with Gasteiger partial charge < -0.3 is 25.4 Å². The van der Waals surface area contributed by atoms with Crippen LogP contribution in [0.2, 0.25) is 0 Å². The summed E-state index contributed by atoms with van der Waals surface area (Å²) in [5, 5.41) is 8.02. The molecule has 0 aromatic heterocycles. The van der Waals surface area contributed by atoms with E-state index in [4.69, 9.17) is 9.47 Å². The van der Waals surface area contributed by atoms with Crippen molar-refractivity contribution in [2.45, 2.75) is 52.6 Å². The molecule has 0 heterocycles. The molecule has 0 aliphatic carbocycles. The molecule has 3 N–H and O–H groups in total. The van der Waals surface area contributed by atoms with Crippen molar-refractivity contribution in [2.75, 3.05) is 26.2 Å². The highest BCUT2D eigenvalue weighted by Gasteiger charge is 2.15. The lowest BCUT2D eigenvalue weighted by molar-refractivity contribution is -0.123. The van der Waals surface area contributed by atoms with Gasteiger partial charge in [-0.25, -0.2) is 4.79 Å². The number of hydrogen-bond acceptors (Lipinski definition) is 5. The zero-order valence-corrected chi connectivity index (χ0v) is 17.8. The lowest BCUT2D eigenvalue weighted by atomic mass is 10.1. The Morgan fingerprint density at radius 1 is 0.931 bits per heavy atom. The number of amides is 3. The van der Waals surface area contributed by atoms with E-state index in [1.165, 1.54) is 0 Å². The van der Waals surface area contributed by atoms with E-state index in [1.807, 2.05) is 31.2 Å². The van der Waals surface area contributed by atoms with E-state index in [2.05, 4.69) is 16.0 Å². The third kappa shape index (κ3) is 11.6. The SMILES string of the molecule is CCc1ccccc1OCC(=O)NCCCNC(=O)CCNC(=O)OC(C)(C)C. The van der Waals surface area contributed by atoms with Crippen LogP contribution in [0.15, 0.2) is 24.3 Å². The maximum absolute atomic E-state index is 11.8. The number of aryl methyl sites for hydroxylation is 1. The van der Waals surface area contributed by atoms with Crippen LogP contribution in [0.1, 0.15) is 46.1 Å². The quantitative estimate of drug-likeness (QED) is 0.488. The minimum Gasteiger partial charge on any atom is -0.483 e. The summed E-state index contributed by atoms with van der Waals surface area (Å²) in [5.74, 6) is 0.341. The van der Waals surface area contributed by atoms with Crippen LogP contribution < -0.4 is 20.7 Å². The summed E-state index contributed by atoms with van der Waals surface area (Å²) in [6, 6.07) is 7.63.